The molecule has 0 aromatic carbocycles. The summed E-state index contributed by atoms with van der Waals surface area (Å²) >= 11 is 3.24. The molecular formula is C11H14BrN3O2. The van der Waals surface area contributed by atoms with Crippen molar-refractivity contribution in [3.05, 3.63) is 28.5 Å². The molecule has 0 saturated heterocycles. The Labute approximate surface area is 108 Å². The van der Waals surface area contributed by atoms with Crippen LogP contribution in [0.1, 0.15) is 16.9 Å². The molecule has 1 aromatic heterocycles. The SMILES string of the molecule is CN(C)C(=O)CCNC(=O)c1ncccc1Br. The molecule has 1 heterocycles. The first kappa shape index (κ1) is 13.6. The Morgan fingerprint density at radius 2 is 2.18 bits per heavy atom. The molecule has 17 heavy (non-hydrogen) atoms. The molecule has 2 amide bonds. The number of nitrogens with one attached hydrogen (secondary N) is 1. The van der Waals surface area contributed by atoms with E-state index in [0.717, 1.165) is 0 Å². The molecule has 0 fully saturated rings. The average Bonchev–Trinajstić information content (AvgIpc) is 2.29. The quantitative estimate of drug-likeness (QED) is 0.904. The number of pyridine rings is 1. The van der Waals surface area contributed by atoms with Gasteiger partial charge in [-0.15, -0.1) is 0 Å². The molecule has 1 aromatic rings. The van der Waals surface area contributed by atoms with Gasteiger partial charge in [0.05, 0.1) is 0 Å². The Kier molecular flexibility index (Phi) is 5.09. The van der Waals surface area contributed by atoms with Crippen molar-refractivity contribution in [3.8, 4) is 0 Å². The van der Waals surface area contributed by atoms with Gasteiger partial charge in [-0.3, -0.25) is 9.59 Å². The van der Waals surface area contributed by atoms with Gasteiger partial charge in [0, 0.05) is 37.7 Å². The third-order valence-corrected chi connectivity index (χ3v) is 2.74. The fourth-order valence-corrected chi connectivity index (χ4v) is 1.58. The number of amides is 2. The molecule has 6 heteroatoms. The van der Waals surface area contributed by atoms with Gasteiger partial charge in [-0.05, 0) is 28.1 Å². The van der Waals surface area contributed by atoms with Gasteiger partial charge in [-0.2, -0.15) is 0 Å². The van der Waals surface area contributed by atoms with Crippen LogP contribution in [-0.2, 0) is 4.79 Å². The highest BCUT2D eigenvalue weighted by Gasteiger charge is 2.11. The number of hydrogen-bond donors (Lipinski definition) is 1. The third kappa shape index (κ3) is 4.14. The lowest BCUT2D eigenvalue weighted by Crippen LogP contribution is -2.30. The second-order valence-corrected chi connectivity index (χ2v) is 4.48. The predicted octanol–water partition coefficient (Wildman–Crippen LogP) is 1.05. The number of carbonyl (C=O) groups excluding carboxylic acids is 2. The molecule has 1 N–H and O–H groups in total. The molecule has 0 aliphatic carbocycles. The number of rotatable bonds is 4. The van der Waals surface area contributed by atoms with Crippen LogP contribution in [0.3, 0.4) is 0 Å². The highest BCUT2D eigenvalue weighted by Crippen LogP contribution is 2.12. The summed E-state index contributed by atoms with van der Waals surface area (Å²) in [5.74, 6) is -0.311. The zero-order valence-corrected chi connectivity index (χ0v) is 11.3. The number of nitrogens with zero attached hydrogens (tertiary/aromatic N) is 2. The fourth-order valence-electron chi connectivity index (χ4n) is 1.14. The second kappa shape index (κ2) is 6.34. The van der Waals surface area contributed by atoms with Crippen LogP contribution in [0.25, 0.3) is 0 Å². The maximum atomic E-state index is 11.7. The summed E-state index contributed by atoms with van der Waals surface area (Å²) < 4.78 is 0.636. The fraction of sp³-hybridized carbons (Fsp3) is 0.364. The van der Waals surface area contributed by atoms with Crippen molar-refractivity contribution in [1.29, 1.82) is 0 Å². The van der Waals surface area contributed by atoms with E-state index in [-0.39, 0.29) is 18.2 Å². The Balaban J connectivity index is 2.46. The van der Waals surface area contributed by atoms with Crippen molar-refractivity contribution in [2.75, 3.05) is 20.6 Å². The minimum atomic E-state index is -0.288. The first-order chi connectivity index (χ1) is 8.02. The Morgan fingerprint density at radius 1 is 1.47 bits per heavy atom. The summed E-state index contributed by atoms with van der Waals surface area (Å²) in [6.45, 7) is 0.304. The van der Waals surface area contributed by atoms with Gasteiger partial charge in [-0.25, -0.2) is 4.98 Å². The largest absolute Gasteiger partial charge is 0.350 e. The Morgan fingerprint density at radius 3 is 2.76 bits per heavy atom. The molecule has 0 radical (unpaired) electrons. The molecule has 1 rings (SSSR count). The molecule has 0 atom stereocenters. The monoisotopic (exact) mass is 299 g/mol. The molecule has 5 nitrogen and oxygen atoms in total. The van der Waals surface area contributed by atoms with Crippen LogP contribution < -0.4 is 5.32 Å². The van der Waals surface area contributed by atoms with E-state index in [1.807, 2.05) is 0 Å². The second-order valence-electron chi connectivity index (χ2n) is 3.63. The van der Waals surface area contributed by atoms with E-state index < -0.39 is 0 Å². The summed E-state index contributed by atoms with van der Waals surface area (Å²) in [5.41, 5.74) is 0.324. The van der Waals surface area contributed by atoms with Crippen LogP contribution >= 0.6 is 15.9 Å². The van der Waals surface area contributed by atoms with E-state index in [0.29, 0.717) is 16.7 Å². The van der Waals surface area contributed by atoms with Crippen molar-refractivity contribution in [2.45, 2.75) is 6.42 Å². The Bertz CT molecular complexity index is 421. The van der Waals surface area contributed by atoms with Crippen LogP contribution in [0.15, 0.2) is 22.8 Å². The summed E-state index contributed by atoms with van der Waals surface area (Å²) in [5, 5.41) is 2.65. The maximum Gasteiger partial charge on any atom is 0.271 e. The molecule has 0 saturated carbocycles. The first-order valence-electron chi connectivity index (χ1n) is 5.11. The number of aromatic nitrogens is 1. The van der Waals surface area contributed by atoms with Gasteiger partial charge in [0.2, 0.25) is 5.91 Å². The van der Waals surface area contributed by atoms with E-state index in [4.69, 9.17) is 0 Å². The number of halogens is 1. The molecule has 0 spiro atoms. The van der Waals surface area contributed by atoms with Gasteiger partial charge in [0.25, 0.3) is 5.91 Å². The van der Waals surface area contributed by atoms with E-state index in [1.165, 1.54) is 4.90 Å². The number of hydrogen-bond acceptors (Lipinski definition) is 3. The molecular weight excluding hydrogens is 286 g/mol. The van der Waals surface area contributed by atoms with Crippen LogP contribution in [0.4, 0.5) is 0 Å². The highest BCUT2D eigenvalue weighted by molar-refractivity contribution is 9.10. The van der Waals surface area contributed by atoms with Crippen LogP contribution in [0, 0.1) is 0 Å². The standard InChI is InChI=1S/C11H14BrN3O2/c1-15(2)9(16)5-7-14-11(17)10-8(12)4-3-6-13-10/h3-4,6H,5,7H2,1-2H3,(H,14,17). The summed E-state index contributed by atoms with van der Waals surface area (Å²) in [6, 6.07) is 3.48. The summed E-state index contributed by atoms with van der Waals surface area (Å²) in [4.78, 5) is 28.4. The van der Waals surface area contributed by atoms with Crippen LogP contribution in [0.2, 0.25) is 0 Å². The van der Waals surface area contributed by atoms with Crippen LogP contribution in [-0.4, -0.2) is 42.3 Å². The number of carbonyl (C=O) groups is 2. The van der Waals surface area contributed by atoms with E-state index in [9.17, 15) is 9.59 Å². The zero-order valence-electron chi connectivity index (χ0n) is 9.74. The lowest BCUT2D eigenvalue weighted by molar-refractivity contribution is -0.128. The molecule has 0 aliphatic rings. The molecule has 0 aliphatic heterocycles. The van der Waals surface area contributed by atoms with Gasteiger partial charge >= 0.3 is 0 Å². The van der Waals surface area contributed by atoms with Crippen molar-refractivity contribution in [3.63, 3.8) is 0 Å². The molecule has 0 unspecified atom stereocenters. The lowest BCUT2D eigenvalue weighted by atomic mass is 10.3. The molecule has 0 bridgehead atoms. The molecule has 92 valence electrons. The van der Waals surface area contributed by atoms with E-state index >= 15 is 0 Å². The zero-order chi connectivity index (χ0) is 12.8. The topological polar surface area (TPSA) is 62.3 Å². The Hall–Kier alpha value is -1.43. The van der Waals surface area contributed by atoms with Crippen molar-refractivity contribution < 1.29 is 9.59 Å². The maximum absolute atomic E-state index is 11.7. The van der Waals surface area contributed by atoms with Gasteiger partial charge in [0.1, 0.15) is 5.69 Å². The van der Waals surface area contributed by atoms with E-state index in [1.54, 1.807) is 32.4 Å². The lowest BCUT2D eigenvalue weighted by Gasteiger charge is -2.10. The highest BCUT2D eigenvalue weighted by atomic mass is 79.9. The van der Waals surface area contributed by atoms with Gasteiger partial charge in [-0.1, -0.05) is 0 Å². The first-order valence-corrected chi connectivity index (χ1v) is 5.90. The van der Waals surface area contributed by atoms with Gasteiger partial charge in [0.15, 0.2) is 0 Å². The average molecular weight is 300 g/mol. The predicted molar refractivity (Wildman–Crippen MR) is 67.6 cm³/mol. The normalized spacial score (nSPS) is 9.82. The smallest absolute Gasteiger partial charge is 0.271 e. The van der Waals surface area contributed by atoms with Crippen molar-refractivity contribution >= 4 is 27.7 Å². The third-order valence-electron chi connectivity index (χ3n) is 2.10. The van der Waals surface area contributed by atoms with Crippen molar-refractivity contribution in [2.24, 2.45) is 0 Å². The minimum Gasteiger partial charge on any atom is -0.350 e. The minimum absolute atomic E-state index is 0.0228. The van der Waals surface area contributed by atoms with Crippen molar-refractivity contribution in [1.82, 2.24) is 15.2 Å². The summed E-state index contributed by atoms with van der Waals surface area (Å²) in [6.07, 6.45) is 1.83. The summed E-state index contributed by atoms with van der Waals surface area (Å²) in [7, 11) is 3.36. The van der Waals surface area contributed by atoms with Gasteiger partial charge < -0.3 is 10.2 Å². The van der Waals surface area contributed by atoms with E-state index in [2.05, 4.69) is 26.2 Å². The van der Waals surface area contributed by atoms with Crippen LogP contribution in [0.5, 0.6) is 0 Å².